The maximum absolute atomic E-state index is 11.6. The van der Waals surface area contributed by atoms with E-state index in [-0.39, 0.29) is 70.4 Å². The van der Waals surface area contributed by atoms with Crippen molar-refractivity contribution in [1.29, 1.82) is 0 Å². The molecule has 0 fully saturated rings. The van der Waals surface area contributed by atoms with Gasteiger partial charge in [0.2, 0.25) is 0 Å². The summed E-state index contributed by atoms with van der Waals surface area (Å²) in [4.78, 5) is 16.5. The molecule has 23 heavy (non-hydrogen) atoms. The molecule has 0 aromatic rings. The van der Waals surface area contributed by atoms with E-state index in [9.17, 15) is 9.90 Å². The average molecular weight is 355 g/mol. The van der Waals surface area contributed by atoms with E-state index in [4.69, 9.17) is 10.2 Å². The zero-order valence-corrected chi connectivity index (χ0v) is 17.9. The molecular formula is C16H31KN2O4. The van der Waals surface area contributed by atoms with Crippen LogP contribution >= 0.6 is 0 Å². The number of aliphatic hydroxyl groups is 1. The van der Waals surface area contributed by atoms with Crippen LogP contribution in [0.3, 0.4) is 0 Å². The molecule has 0 saturated carbocycles. The standard InChI is InChI=1S/C16H32N2O4.K/c1-2-3-4-5-6-9-15(20)17-10-12-18(14-16(21)22)11-7-8-13-19;/h19H,2-14H2,1H3,(H,17,20)(H,21,22);/q;+1/p-1. The summed E-state index contributed by atoms with van der Waals surface area (Å²) in [6.07, 6.45) is 7.42. The van der Waals surface area contributed by atoms with E-state index in [1.54, 1.807) is 4.90 Å². The first-order valence-electron chi connectivity index (χ1n) is 8.35. The molecule has 0 aromatic carbocycles. The summed E-state index contributed by atoms with van der Waals surface area (Å²) in [6, 6.07) is 0. The molecule has 0 spiro atoms. The number of nitrogens with zero attached hydrogens (tertiary/aromatic N) is 2. The number of aliphatic hydroxyl groups excluding tert-OH is 1. The van der Waals surface area contributed by atoms with Gasteiger partial charge >= 0.3 is 57.4 Å². The molecular weight excluding hydrogens is 323 g/mol. The van der Waals surface area contributed by atoms with Crippen molar-refractivity contribution in [2.45, 2.75) is 58.3 Å². The maximum Gasteiger partial charge on any atom is 1.00 e. The second kappa shape index (κ2) is 18.8. The molecule has 0 amide bonds. The fourth-order valence-corrected chi connectivity index (χ4v) is 2.18. The van der Waals surface area contributed by atoms with Gasteiger partial charge in [-0.3, -0.25) is 9.69 Å². The van der Waals surface area contributed by atoms with Gasteiger partial charge in [0.15, 0.2) is 0 Å². The van der Waals surface area contributed by atoms with Crippen molar-refractivity contribution < 1.29 is 71.5 Å². The summed E-state index contributed by atoms with van der Waals surface area (Å²) >= 11 is 0. The molecule has 0 atom stereocenters. The van der Waals surface area contributed by atoms with Crippen LogP contribution in [0.4, 0.5) is 0 Å². The summed E-state index contributed by atoms with van der Waals surface area (Å²) < 4.78 is 0. The van der Waals surface area contributed by atoms with Crippen LogP contribution in [0, 0.1) is 0 Å². The largest absolute Gasteiger partial charge is 1.00 e. The van der Waals surface area contributed by atoms with E-state index in [2.05, 4.69) is 11.9 Å². The number of carbonyl (C=O) groups is 1. The first-order chi connectivity index (χ1) is 10.6. The van der Waals surface area contributed by atoms with Gasteiger partial charge in [-0.05, 0) is 38.1 Å². The van der Waals surface area contributed by atoms with Crippen molar-refractivity contribution in [2.24, 2.45) is 4.99 Å². The SMILES string of the molecule is CCCCCCCC([O-])=NCCN(CCCCO)CC(=O)O.[K+]. The van der Waals surface area contributed by atoms with E-state index in [0.29, 0.717) is 32.5 Å². The topological polar surface area (TPSA) is 96.2 Å². The minimum absolute atomic E-state index is 0. The second-order valence-electron chi connectivity index (χ2n) is 5.54. The van der Waals surface area contributed by atoms with Gasteiger partial charge < -0.3 is 20.3 Å². The molecule has 0 rings (SSSR count). The summed E-state index contributed by atoms with van der Waals surface area (Å²) in [5, 5.41) is 29.2. The van der Waals surface area contributed by atoms with Gasteiger partial charge in [-0.25, -0.2) is 0 Å². The second-order valence-corrected chi connectivity index (χ2v) is 5.54. The monoisotopic (exact) mass is 354 g/mol. The molecule has 130 valence electrons. The smallest absolute Gasteiger partial charge is 0.862 e. The van der Waals surface area contributed by atoms with Gasteiger partial charge in [0, 0.05) is 13.2 Å². The van der Waals surface area contributed by atoms with Crippen LogP contribution in [0.15, 0.2) is 4.99 Å². The molecule has 0 aliphatic heterocycles. The minimum atomic E-state index is -0.883. The molecule has 0 radical (unpaired) electrons. The summed E-state index contributed by atoms with van der Waals surface area (Å²) in [5.41, 5.74) is 0. The number of aliphatic imine (C=N–C) groups is 1. The maximum atomic E-state index is 11.6. The van der Waals surface area contributed by atoms with Crippen molar-refractivity contribution in [1.82, 2.24) is 4.90 Å². The van der Waals surface area contributed by atoms with Crippen LogP contribution in [0.2, 0.25) is 0 Å². The molecule has 0 unspecified atom stereocenters. The zero-order chi connectivity index (χ0) is 16.6. The molecule has 0 aliphatic rings. The van der Waals surface area contributed by atoms with Crippen molar-refractivity contribution in [2.75, 3.05) is 32.8 Å². The summed E-state index contributed by atoms with van der Waals surface area (Å²) in [6.45, 7) is 3.64. The first-order valence-corrected chi connectivity index (χ1v) is 8.35. The molecule has 0 aliphatic carbocycles. The third kappa shape index (κ3) is 18.7. The Kier molecular flexibility index (Phi) is 21.1. The Balaban J connectivity index is 0. The van der Waals surface area contributed by atoms with Crippen molar-refractivity contribution in [3.8, 4) is 0 Å². The molecule has 0 heterocycles. The number of carboxylic acids is 1. The van der Waals surface area contributed by atoms with Crippen LogP contribution < -0.4 is 56.5 Å². The fraction of sp³-hybridized carbons (Fsp3) is 0.875. The van der Waals surface area contributed by atoms with Crippen molar-refractivity contribution in [3.05, 3.63) is 0 Å². The van der Waals surface area contributed by atoms with Gasteiger partial charge in [0.25, 0.3) is 0 Å². The van der Waals surface area contributed by atoms with E-state index in [1.807, 2.05) is 0 Å². The van der Waals surface area contributed by atoms with Crippen LogP contribution in [-0.2, 0) is 4.79 Å². The Morgan fingerprint density at radius 2 is 1.78 bits per heavy atom. The molecule has 0 aromatic heterocycles. The quantitative estimate of drug-likeness (QED) is 0.158. The predicted molar refractivity (Wildman–Crippen MR) is 86.1 cm³/mol. The third-order valence-corrected chi connectivity index (χ3v) is 3.44. The normalized spacial score (nSPS) is 11.5. The predicted octanol–water partition coefficient (Wildman–Crippen LogP) is -1.73. The first kappa shape index (κ1) is 25.7. The van der Waals surface area contributed by atoms with Crippen LogP contribution in [0.5, 0.6) is 0 Å². The Labute approximate surface area is 182 Å². The van der Waals surface area contributed by atoms with Crippen LogP contribution in [-0.4, -0.2) is 59.8 Å². The van der Waals surface area contributed by atoms with Gasteiger partial charge in [-0.2, -0.15) is 0 Å². The number of aliphatic carboxylic acids is 1. The minimum Gasteiger partial charge on any atom is -0.862 e. The van der Waals surface area contributed by atoms with Gasteiger partial charge in [-0.1, -0.05) is 32.6 Å². The molecule has 7 heteroatoms. The number of carboxylic acid groups (broad SMARTS) is 1. The number of unbranched alkanes of at least 4 members (excludes halogenated alkanes) is 5. The van der Waals surface area contributed by atoms with Gasteiger partial charge in [-0.15, -0.1) is 0 Å². The molecule has 0 saturated heterocycles. The van der Waals surface area contributed by atoms with Gasteiger partial charge in [0.05, 0.1) is 13.1 Å². The summed E-state index contributed by atoms with van der Waals surface area (Å²) in [7, 11) is 0. The fourth-order valence-electron chi connectivity index (χ4n) is 2.18. The van der Waals surface area contributed by atoms with Crippen molar-refractivity contribution in [3.63, 3.8) is 0 Å². The zero-order valence-electron chi connectivity index (χ0n) is 14.8. The third-order valence-electron chi connectivity index (χ3n) is 3.44. The number of rotatable bonds is 15. The van der Waals surface area contributed by atoms with Crippen LogP contribution in [0.1, 0.15) is 58.3 Å². The Morgan fingerprint density at radius 3 is 2.39 bits per heavy atom. The molecule has 2 N–H and O–H groups in total. The van der Waals surface area contributed by atoms with Crippen LogP contribution in [0.25, 0.3) is 0 Å². The Hall–Kier alpha value is 0.496. The van der Waals surface area contributed by atoms with E-state index >= 15 is 0 Å². The van der Waals surface area contributed by atoms with E-state index in [0.717, 1.165) is 19.3 Å². The van der Waals surface area contributed by atoms with E-state index < -0.39 is 5.97 Å². The number of hydrogen-bond donors (Lipinski definition) is 2. The molecule has 0 bridgehead atoms. The van der Waals surface area contributed by atoms with Crippen molar-refractivity contribution >= 4 is 11.9 Å². The Morgan fingerprint density at radius 1 is 1.09 bits per heavy atom. The average Bonchev–Trinajstić information content (AvgIpc) is 2.46. The van der Waals surface area contributed by atoms with E-state index in [1.165, 1.54) is 19.3 Å². The Bertz CT molecular complexity index is 314. The molecule has 6 nitrogen and oxygen atoms in total. The summed E-state index contributed by atoms with van der Waals surface area (Å²) in [5.74, 6) is -0.964. The van der Waals surface area contributed by atoms with Gasteiger partial charge in [0.1, 0.15) is 0 Å². The number of hydrogen-bond acceptors (Lipinski definition) is 5.